The van der Waals surface area contributed by atoms with Gasteiger partial charge in [0.15, 0.2) is 9.84 Å². The Kier molecular flexibility index (Phi) is 4.59. The summed E-state index contributed by atoms with van der Waals surface area (Å²) in [6.07, 6.45) is 1.60. The van der Waals surface area contributed by atoms with Gasteiger partial charge in [-0.2, -0.15) is 0 Å². The predicted octanol–water partition coefficient (Wildman–Crippen LogP) is 1.09. The molecule has 5 nitrogen and oxygen atoms in total. The highest BCUT2D eigenvalue weighted by Gasteiger charge is 2.15. The van der Waals surface area contributed by atoms with Crippen LogP contribution in [0.5, 0.6) is 0 Å². The molecule has 1 aromatic heterocycles. The number of nitrogens with zero attached hydrogens (tertiary/aromatic N) is 1. The fourth-order valence-electron chi connectivity index (χ4n) is 2.04. The van der Waals surface area contributed by atoms with Gasteiger partial charge < -0.3 is 10.3 Å². The molecule has 0 bridgehead atoms. The van der Waals surface area contributed by atoms with Crippen molar-refractivity contribution in [2.75, 3.05) is 5.75 Å². The summed E-state index contributed by atoms with van der Waals surface area (Å²) in [6, 6.07) is 10.0. The van der Waals surface area contributed by atoms with Crippen molar-refractivity contribution in [3.8, 4) is 0 Å². The molecule has 0 aliphatic heterocycles. The first kappa shape index (κ1) is 15.5. The summed E-state index contributed by atoms with van der Waals surface area (Å²) in [5.41, 5.74) is 6.72. The van der Waals surface area contributed by atoms with Gasteiger partial charge in [0.1, 0.15) is 0 Å². The fraction of sp³-hybridized carbons (Fsp3) is 0.267. The van der Waals surface area contributed by atoms with E-state index >= 15 is 0 Å². The summed E-state index contributed by atoms with van der Waals surface area (Å²) >= 11 is 0. The van der Waals surface area contributed by atoms with Crippen LogP contribution in [0.1, 0.15) is 11.1 Å². The predicted molar refractivity (Wildman–Crippen MR) is 81.8 cm³/mol. The second kappa shape index (κ2) is 6.24. The molecule has 2 aromatic rings. The first-order chi connectivity index (χ1) is 9.94. The lowest BCUT2D eigenvalue weighted by molar-refractivity contribution is 0.586. The van der Waals surface area contributed by atoms with Crippen LogP contribution in [0.2, 0.25) is 0 Å². The molecule has 112 valence electrons. The smallest absolute Gasteiger partial charge is 0.253 e. The third kappa shape index (κ3) is 3.59. The van der Waals surface area contributed by atoms with Gasteiger partial charge in [-0.25, -0.2) is 8.42 Å². The van der Waals surface area contributed by atoms with Crippen LogP contribution < -0.4 is 11.3 Å². The maximum Gasteiger partial charge on any atom is 0.253 e. The molecule has 0 unspecified atom stereocenters. The van der Waals surface area contributed by atoms with E-state index in [2.05, 4.69) is 0 Å². The SMILES string of the molecule is Cc1cccn(CCS(=O)(=O)c2cccc(CN)c2)c1=O. The molecule has 0 saturated carbocycles. The van der Waals surface area contributed by atoms with Gasteiger partial charge in [-0.3, -0.25) is 4.79 Å². The van der Waals surface area contributed by atoms with E-state index in [0.29, 0.717) is 12.1 Å². The summed E-state index contributed by atoms with van der Waals surface area (Å²) in [6.45, 7) is 2.13. The molecule has 0 aliphatic carbocycles. The number of hydrogen-bond acceptors (Lipinski definition) is 4. The maximum atomic E-state index is 12.3. The van der Waals surface area contributed by atoms with Gasteiger partial charge in [-0.05, 0) is 30.7 Å². The Bertz CT molecular complexity index is 795. The molecule has 0 spiro atoms. The van der Waals surface area contributed by atoms with E-state index in [9.17, 15) is 13.2 Å². The second-order valence-corrected chi connectivity index (χ2v) is 6.97. The van der Waals surface area contributed by atoms with Crippen LogP contribution in [-0.2, 0) is 22.9 Å². The van der Waals surface area contributed by atoms with Crippen LogP contribution in [0.4, 0.5) is 0 Å². The average Bonchev–Trinajstić information content (AvgIpc) is 2.49. The number of pyridine rings is 1. The molecular formula is C15H18N2O3S. The monoisotopic (exact) mass is 306 g/mol. The first-order valence-corrected chi connectivity index (χ1v) is 8.27. The van der Waals surface area contributed by atoms with E-state index in [1.165, 1.54) is 4.57 Å². The average molecular weight is 306 g/mol. The topological polar surface area (TPSA) is 82.2 Å². The van der Waals surface area contributed by atoms with Crippen LogP contribution in [0.15, 0.2) is 52.3 Å². The van der Waals surface area contributed by atoms with Crippen molar-refractivity contribution in [1.29, 1.82) is 0 Å². The van der Waals surface area contributed by atoms with Crippen LogP contribution in [0.25, 0.3) is 0 Å². The molecule has 1 heterocycles. The highest BCUT2D eigenvalue weighted by atomic mass is 32.2. The van der Waals surface area contributed by atoms with Crippen molar-refractivity contribution in [3.05, 3.63) is 64.1 Å². The number of benzene rings is 1. The Hall–Kier alpha value is -1.92. The van der Waals surface area contributed by atoms with Gasteiger partial charge >= 0.3 is 0 Å². The Morgan fingerprint density at radius 2 is 1.95 bits per heavy atom. The van der Waals surface area contributed by atoms with Crippen LogP contribution in [0.3, 0.4) is 0 Å². The molecule has 21 heavy (non-hydrogen) atoms. The van der Waals surface area contributed by atoms with Crippen LogP contribution in [-0.4, -0.2) is 18.7 Å². The molecule has 0 amide bonds. The Balaban J connectivity index is 2.22. The van der Waals surface area contributed by atoms with Gasteiger partial charge in [-0.1, -0.05) is 18.2 Å². The number of aromatic nitrogens is 1. The summed E-state index contributed by atoms with van der Waals surface area (Å²) in [4.78, 5) is 12.1. The quantitative estimate of drug-likeness (QED) is 0.896. The lowest BCUT2D eigenvalue weighted by Crippen LogP contribution is -2.25. The van der Waals surface area contributed by atoms with E-state index in [0.717, 1.165) is 5.56 Å². The van der Waals surface area contributed by atoms with E-state index in [1.807, 2.05) is 0 Å². The maximum absolute atomic E-state index is 12.3. The molecule has 6 heteroatoms. The molecule has 0 atom stereocenters. The lowest BCUT2D eigenvalue weighted by Gasteiger charge is -2.08. The third-order valence-corrected chi connectivity index (χ3v) is 5.00. The van der Waals surface area contributed by atoms with Crippen LogP contribution in [0, 0.1) is 6.92 Å². The Labute approximate surface area is 124 Å². The molecule has 0 aliphatic rings. The summed E-state index contributed by atoms with van der Waals surface area (Å²) < 4.78 is 26.0. The van der Waals surface area contributed by atoms with Crippen molar-refractivity contribution >= 4 is 9.84 Å². The summed E-state index contributed by atoms with van der Waals surface area (Å²) in [5, 5.41) is 0. The minimum Gasteiger partial charge on any atom is -0.326 e. The molecule has 2 rings (SSSR count). The minimum absolute atomic E-state index is 0.121. The van der Waals surface area contributed by atoms with Gasteiger partial charge in [0.05, 0.1) is 10.6 Å². The second-order valence-electron chi connectivity index (χ2n) is 4.86. The van der Waals surface area contributed by atoms with E-state index in [1.54, 1.807) is 49.5 Å². The zero-order valence-corrected chi connectivity index (χ0v) is 12.6. The molecule has 0 saturated heterocycles. The zero-order chi connectivity index (χ0) is 15.5. The van der Waals surface area contributed by atoms with E-state index in [-0.39, 0.29) is 22.8 Å². The molecule has 0 radical (unpaired) electrons. The van der Waals surface area contributed by atoms with E-state index in [4.69, 9.17) is 5.73 Å². The van der Waals surface area contributed by atoms with Crippen molar-refractivity contribution in [2.24, 2.45) is 5.73 Å². The van der Waals surface area contributed by atoms with Crippen molar-refractivity contribution in [1.82, 2.24) is 4.57 Å². The van der Waals surface area contributed by atoms with Gasteiger partial charge in [0.25, 0.3) is 5.56 Å². The summed E-state index contributed by atoms with van der Waals surface area (Å²) in [5.74, 6) is -0.121. The number of nitrogens with two attached hydrogens (primary N) is 1. The van der Waals surface area contributed by atoms with Gasteiger partial charge in [0.2, 0.25) is 0 Å². The number of aryl methyl sites for hydroxylation is 2. The summed E-state index contributed by atoms with van der Waals surface area (Å²) in [7, 11) is -3.44. The van der Waals surface area contributed by atoms with Crippen LogP contribution >= 0.6 is 0 Å². The fourth-order valence-corrected chi connectivity index (χ4v) is 3.32. The zero-order valence-electron chi connectivity index (χ0n) is 11.8. The standard InChI is InChI=1S/C15H18N2O3S/c1-12-4-3-7-17(15(12)18)8-9-21(19,20)14-6-2-5-13(10-14)11-16/h2-7,10H,8-9,11,16H2,1H3. The van der Waals surface area contributed by atoms with E-state index < -0.39 is 9.84 Å². The number of rotatable bonds is 5. The third-order valence-electron chi connectivity index (χ3n) is 3.30. The first-order valence-electron chi connectivity index (χ1n) is 6.62. The number of hydrogen-bond donors (Lipinski definition) is 1. The highest BCUT2D eigenvalue weighted by Crippen LogP contribution is 2.13. The van der Waals surface area contributed by atoms with Crippen molar-refractivity contribution in [3.63, 3.8) is 0 Å². The molecule has 2 N–H and O–H groups in total. The van der Waals surface area contributed by atoms with Crippen molar-refractivity contribution < 1.29 is 8.42 Å². The normalized spacial score (nSPS) is 11.5. The molecular weight excluding hydrogens is 288 g/mol. The Morgan fingerprint density at radius 1 is 1.19 bits per heavy atom. The lowest BCUT2D eigenvalue weighted by atomic mass is 10.2. The number of sulfone groups is 1. The van der Waals surface area contributed by atoms with Gasteiger partial charge in [-0.15, -0.1) is 0 Å². The Morgan fingerprint density at radius 3 is 2.67 bits per heavy atom. The molecule has 1 aromatic carbocycles. The largest absolute Gasteiger partial charge is 0.326 e. The van der Waals surface area contributed by atoms with Gasteiger partial charge in [0, 0.05) is 24.8 Å². The minimum atomic E-state index is -3.44. The molecule has 0 fully saturated rings. The highest BCUT2D eigenvalue weighted by molar-refractivity contribution is 7.91. The van der Waals surface area contributed by atoms with Crippen molar-refractivity contribution in [2.45, 2.75) is 24.9 Å².